The first-order chi connectivity index (χ1) is 27.8. The standard InChI is InChI=1S/C53H34N2S/c1-4-17-35(18-5-1)52-54-47(37-20-14-19-36(33-37)40-27-15-29-44-42-26-11-13-32-49(42)56-51(40)44)34-48(55-52)45-30-16-28-43-41-25-10-12-31-46(41)53(50(43)45,38-21-6-2-7-22-38)39-23-8-3-9-24-39/h1-34H. The predicted octanol–water partition coefficient (Wildman–Crippen LogP) is 13.9. The Labute approximate surface area is 330 Å². The molecule has 56 heavy (non-hydrogen) atoms. The maximum absolute atomic E-state index is 5.43. The highest BCUT2D eigenvalue weighted by molar-refractivity contribution is 7.26. The van der Waals surface area contributed by atoms with E-state index < -0.39 is 5.41 Å². The highest BCUT2D eigenvalue weighted by atomic mass is 32.1. The number of thiophene rings is 1. The van der Waals surface area contributed by atoms with Crippen LogP contribution in [0.1, 0.15) is 22.3 Å². The Bertz CT molecular complexity index is 3040. The van der Waals surface area contributed by atoms with Crippen molar-refractivity contribution >= 4 is 31.5 Å². The van der Waals surface area contributed by atoms with Crippen LogP contribution in [-0.4, -0.2) is 9.97 Å². The molecule has 262 valence electrons. The van der Waals surface area contributed by atoms with Crippen molar-refractivity contribution in [2.45, 2.75) is 5.41 Å². The number of fused-ring (bicyclic) bond motifs is 6. The molecule has 0 aliphatic heterocycles. The molecule has 11 rings (SSSR count). The quantitative estimate of drug-likeness (QED) is 0.170. The van der Waals surface area contributed by atoms with E-state index in [1.54, 1.807) is 0 Å². The van der Waals surface area contributed by atoms with Crippen LogP contribution in [0.15, 0.2) is 206 Å². The van der Waals surface area contributed by atoms with E-state index in [9.17, 15) is 0 Å². The van der Waals surface area contributed by atoms with Gasteiger partial charge in [-0.05, 0) is 62.7 Å². The maximum Gasteiger partial charge on any atom is 0.160 e. The summed E-state index contributed by atoms with van der Waals surface area (Å²) in [4.78, 5) is 10.7. The number of hydrogen-bond acceptors (Lipinski definition) is 3. The van der Waals surface area contributed by atoms with Gasteiger partial charge in [0.1, 0.15) is 0 Å². The lowest BCUT2D eigenvalue weighted by Crippen LogP contribution is -2.29. The van der Waals surface area contributed by atoms with E-state index in [4.69, 9.17) is 9.97 Å². The van der Waals surface area contributed by atoms with Gasteiger partial charge in [-0.15, -0.1) is 11.3 Å². The van der Waals surface area contributed by atoms with Crippen LogP contribution in [0.4, 0.5) is 0 Å². The molecular weight excluding hydrogens is 697 g/mol. The molecule has 0 bridgehead atoms. The highest BCUT2D eigenvalue weighted by Crippen LogP contribution is 2.58. The van der Waals surface area contributed by atoms with Crippen molar-refractivity contribution in [1.29, 1.82) is 0 Å². The normalized spacial score (nSPS) is 12.8. The van der Waals surface area contributed by atoms with E-state index in [1.165, 1.54) is 64.7 Å². The Hall–Kier alpha value is -6.94. The van der Waals surface area contributed by atoms with Crippen LogP contribution >= 0.6 is 11.3 Å². The van der Waals surface area contributed by atoms with Crippen LogP contribution in [0.25, 0.3) is 76.3 Å². The summed E-state index contributed by atoms with van der Waals surface area (Å²) < 4.78 is 2.61. The predicted molar refractivity (Wildman–Crippen MR) is 234 cm³/mol. The molecule has 0 amide bonds. The van der Waals surface area contributed by atoms with Gasteiger partial charge >= 0.3 is 0 Å². The lowest BCUT2D eigenvalue weighted by Gasteiger charge is -2.35. The first-order valence-corrected chi connectivity index (χ1v) is 19.9. The third kappa shape index (κ3) is 5.02. The second-order valence-corrected chi connectivity index (χ2v) is 15.5. The van der Waals surface area contributed by atoms with Crippen LogP contribution in [-0.2, 0) is 5.41 Å². The van der Waals surface area contributed by atoms with Crippen molar-refractivity contribution in [1.82, 2.24) is 9.97 Å². The van der Waals surface area contributed by atoms with Crippen LogP contribution in [0.5, 0.6) is 0 Å². The Kier molecular flexibility index (Phi) is 7.61. The molecule has 0 saturated heterocycles. The molecule has 2 aromatic heterocycles. The molecule has 2 nitrogen and oxygen atoms in total. The summed E-state index contributed by atoms with van der Waals surface area (Å²) in [6.45, 7) is 0. The summed E-state index contributed by atoms with van der Waals surface area (Å²) in [5.41, 5.74) is 14.2. The molecule has 8 aromatic carbocycles. The number of aromatic nitrogens is 2. The van der Waals surface area contributed by atoms with Gasteiger partial charge in [-0.3, -0.25) is 0 Å². The van der Waals surface area contributed by atoms with Gasteiger partial charge in [-0.2, -0.15) is 0 Å². The average Bonchev–Trinajstić information content (AvgIpc) is 3.82. The molecule has 0 radical (unpaired) electrons. The molecule has 1 aliphatic carbocycles. The van der Waals surface area contributed by atoms with E-state index in [0.717, 1.165) is 28.1 Å². The Balaban J connectivity index is 1.16. The van der Waals surface area contributed by atoms with Crippen LogP contribution in [0.3, 0.4) is 0 Å². The lowest BCUT2D eigenvalue weighted by molar-refractivity contribution is 0.769. The van der Waals surface area contributed by atoms with Crippen molar-refractivity contribution in [2.75, 3.05) is 0 Å². The minimum absolute atomic E-state index is 0.564. The third-order valence-corrected chi connectivity index (χ3v) is 12.6. The van der Waals surface area contributed by atoms with E-state index in [2.05, 4.69) is 200 Å². The molecule has 3 heteroatoms. The molecule has 0 N–H and O–H groups in total. The van der Waals surface area contributed by atoms with Gasteiger partial charge in [-0.25, -0.2) is 9.97 Å². The van der Waals surface area contributed by atoms with Gasteiger partial charge in [-0.1, -0.05) is 188 Å². The van der Waals surface area contributed by atoms with Gasteiger partial charge in [0, 0.05) is 36.9 Å². The fourth-order valence-corrected chi connectivity index (χ4v) is 10.2. The number of hydrogen-bond donors (Lipinski definition) is 0. The van der Waals surface area contributed by atoms with Crippen molar-refractivity contribution in [3.63, 3.8) is 0 Å². The zero-order chi connectivity index (χ0) is 37.1. The zero-order valence-electron chi connectivity index (χ0n) is 30.4. The van der Waals surface area contributed by atoms with Gasteiger partial charge in [0.25, 0.3) is 0 Å². The van der Waals surface area contributed by atoms with Crippen LogP contribution < -0.4 is 0 Å². The first kappa shape index (κ1) is 32.5. The van der Waals surface area contributed by atoms with Gasteiger partial charge in [0.05, 0.1) is 16.8 Å². The maximum atomic E-state index is 5.43. The SMILES string of the molecule is c1ccc(-c2nc(-c3cccc(-c4cccc5c4sc4ccccc45)c3)cc(-c3cccc4c3C(c3ccccc3)(c3ccccc3)c3ccccc3-4)n2)cc1. The second kappa shape index (κ2) is 13.1. The summed E-state index contributed by atoms with van der Waals surface area (Å²) in [6.07, 6.45) is 0. The zero-order valence-corrected chi connectivity index (χ0v) is 31.2. The lowest BCUT2D eigenvalue weighted by atomic mass is 9.66. The van der Waals surface area contributed by atoms with E-state index >= 15 is 0 Å². The fourth-order valence-electron chi connectivity index (χ4n) is 8.99. The molecule has 2 heterocycles. The summed E-state index contributed by atoms with van der Waals surface area (Å²) in [7, 11) is 0. The Morgan fingerprint density at radius 1 is 0.375 bits per heavy atom. The van der Waals surface area contributed by atoms with Gasteiger partial charge < -0.3 is 0 Å². The van der Waals surface area contributed by atoms with Crippen molar-refractivity contribution in [3.8, 4) is 56.2 Å². The first-order valence-electron chi connectivity index (χ1n) is 19.1. The number of rotatable bonds is 6. The molecule has 0 fully saturated rings. The van der Waals surface area contributed by atoms with Crippen LogP contribution in [0.2, 0.25) is 0 Å². The van der Waals surface area contributed by atoms with Gasteiger partial charge in [0.15, 0.2) is 5.82 Å². The monoisotopic (exact) mass is 730 g/mol. The van der Waals surface area contributed by atoms with Gasteiger partial charge in [0.2, 0.25) is 0 Å². The molecule has 0 spiro atoms. The summed E-state index contributed by atoms with van der Waals surface area (Å²) in [5.74, 6) is 0.702. The highest BCUT2D eigenvalue weighted by Gasteiger charge is 2.47. The smallest absolute Gasteiger partial charge is 0.160 e. The summed E-state index contributed by atoms with van der Waals surface area (Å²) in [5, 5.41) is 2.60. The third-order valence-electron chi connectivity index (χ3n) is 11.4. The topological polar surface area (TPSA) is 25.8 Å². The molecule has 1 aliphatic rings. The Morgan fingerprint density at radius 2 is 0.929 bits per heavy atom. The molecular formula is C53H34N2S. The van der Waals surface area contributed by atoms with Crippen molar-refractivity contribution in [2.24, 2.45) is 0 Å². The van der Waals surface area contributed by atoms with Crippen molar-refractivity contribution < 1.29 is 0 Å². The molecule has 10 aromatic rings. The number of benzene rings is 8. The summed E-state index contributed by atoms with van der Waals surface area (Å²) in [6, 6.07) is 74.4. The largest absolute Gasteiger partial charge is 0.228 e. The van der Waals surface area contributed by atoms with E-state index in [-0.39, 0.29) is 0 Å². The van der Waals surface area contributed by atoms with E-state index in [1.807, 2.05) is 17.4 Å². The summed E-state index contributed by atoms with van der Waals surface area (Å²) >= 11 is 1.86. The second-order valence-electron chi connectivity index (χ2n) is 14.4. The van der Waals surface area contributed by atoms with Crippen molar-refractivity contribution in [3.05, 3.63) is 229 Å². The molecule has 0 saturated carbocycles. The molecule has 0 atom stereocenters. The number of nitrogens with zero attached hydrogens (tertiary/aromatic N) is 2. The van der Waals surface area contributed by atoms with Crippen LogP contribution in [0, 0.1) is 0 Å². The molecule has 0 unspecified atom stereocenters. The minimum Gasteiger partial charge on any atom is -0.228 e. The average molecular weight is 731 g/mol. The Morgan fingerprint density at radius 3 is 1.73 bits per heavy atom. The minimum atomic E-state index is -0.564. The fraction of sp³-hybridized carbons (Fsp3) is 0.0189. The van der Waals surface area contributed by atoms with E-state index in [0.29, 0.717) is 5.82 Å².